The first-order valence-corrected chi connectivity index (χ1v) is 7.31. The summed E-state index contributed by atoms with van der Waals surface area (Å²) in [6.07, 6.45) is 0.161. The highest BCUT2D eigenvalue weighted by atomic mass is 16.5. The third kappa shape index (κ3) is 5.78. The minimum absolute atomic E-state index is 0.157. The summed E-state index contributed by atoms with van der Waals surface area (Å²) in [5.74, 6) is 0.935. The van der Waals surface area contributed by atoms with Gasteiger partial charge in [-0.25, -0.2) is 4.79 Å². The predicted octanol–water partition coefficient (Wildman–Crippen LogP) is 2.36. The maximum absolute atomic E-state index is 11.8. The first kappa shape index (κ1) is 16.5. The molecular formula is C17H20N2O4. The van der Waals surface area contributed by atoms with E-state index in [1.54, 1.807) is 31.2 Å². The summed E-state index contributed by atoms with van der Waals surface area (Å²) in [6.45, 7) is 2.19. The van der Waals surface area contributed by atoms with Gasteiger partial charge in [0.1, 0.15) is 17.2 Å². The first-order chi connectivity index (χ1) is 11.0. The van der Waals surface area contributed by atoms with Crippen LogP contribution in [0, 0.1) is 0 Å². The van der Waals surface area contributed by atoms with Crippen LogP contribution in [-0.2, 0) is 6.42 Å². The Balaban J connectivity index is 1.69. The van der Waals surface area contributed by atoms with Crippen molar-refractivity contribution in [1.82, 2.24) is 10.6 Å². The summed E-state index contributed by atoms with van der Waals surface area (Å²) in [4.78, 5) is 11.8. The number of hydrogen-bond acceptors (Lipinski definition) is 4. The highest BCUT2D eigenvalue weighted by Crippen LogP contribution is 2.16. The molecule has 0 aliphatic carbocycles. The lowest BCUT2D eigenvalue weighted by Crippen LogP contribution is -2.43. The molecule has 2 aromatic carbocycles. The van der Waals surface area contributed by atoms with Gasteiger partial charge in [0.05, 0.1) is 0 Å². The van der Waals surface area contributed by atoms with Crippen LogP contribution < -0.4 is 15.4 Å². The molecule has 0 heterocycles. The van der Waals surface area contributed by atoms with Crippen molar-refractivity contribution in [3.05, 3.63) is 54.1 Å². The van der Waals surface area contributed by atoms with Crippen LogP contribution in [0.15, 0.2) is 48.5 Å². The number of rotatable bonds is 6. The third-order valence-corrected chi connectivity index (χ3v) is 3.12. The molecular weight excluding hydrogens is 296 g/mol. The van der Waals surface area contributed by atoms with Gasteiger partial charge in [-0.1, -0.05) is 12.1 Å². The predicted molar refractivity (Wildman–Crippen MR) is 86.5 cm³/mol. The summed E-state index contributed by atoms with van der Waals surface area (Å²) >= 11 is 0. The molecule has 1 unspecified atom stereocenters. The van der Waals surface area contributed by atoms with Crippen molar-refractivity contribution in [3.63, 3.8) is 0 Å². The Hall–Kier alpha value is -2.89. The van der Waals surface area contributed by atoms with E-state index in [2.05, 4.69) is 10.6 Å². The standard InChI is InChI=1S/C17H20N2O4/c1-12(23-16-8-6-15(21)7-9-16)19-17(22)18-11-10-13-2-4-14(20)5-3-13/h2-9,12,20-21H,10-11H2,1H3,(H2,18,19,22). The van der Waals surface area contributed by atoms with Gasteiger partial charge in [0.15, 0.2) is 6.23 Å². The number of phenolic OH excluding ortho intramolecular Hbond substituents is 2. The molecule has 0 radical (unpaired) electrons. The van der Waals surface area contributed by atoms with E-state index in [4.69, 9.17) is 4.74 Å². The number of amides is 2. The molecule has 4 N–H and O–H groups in total. The zero-order valence-corrected chi connectivity index (χ0v) is 12.8. The van der Waals surface area contributed by atoms with E-state index < -0.39 is 6.23 Å². The van der Waals surface area contributed by atoms with Gasteiger partial charge in [0, 0.05) is 6.54 Å². The van der Waals surface area contributed by atoms with E-state index in [9.17, 15) is 15.0 Å². The lowest BCUT2D eigenvalue weighted by atomic mass is 10.1. The highest BCUT2D eigenvalue weighted by Gasteiger charge is 2.08. The lowest BCUT2D eigenvalue weighted by molar-refractivity contribution is 0.177. The fraction of sp³-hybridized carbons (Fsp3) is 0.235. The van der Waals surface area contributed by atoms with E-state index in [1.165, 1.54) is 12.1 Å². The molecule has 2 rings (SSSR count). The molecule has 0 aliphatic rings. The SMILES string of the molecule is CC(NC(=O)NCCc1ccc(O)cc1)Oc1ccc(O)cc1. The minimum atomic E-state index is -0.506. The molecule has 0 aromatic heterocycles. The molecule has 0 fully saturated rings. The average molecular weight is 316 g/mol. The Morgan fingerprint density at radius 1 is 1.04 bits per heavy atom. The molecule has 1 atom stereocenters. The van der Waals surface area contributed by atoms with Gasteiger partial charge in [0.25, 0.3) is 0 Å². The van der Waals surface area contributed by atoms with Gasteiger partial charge in [-0.05, 0) is 55.3 Å². The number of carbonyl (C=O) groups excluding carboxylic acids is 1. The molecule has 0 spiro atoms. The van der Waals surface area contributed by atoms with Crippen LogP contribution in [0.2, 0.25) is 0 Å². The van der Waals surface area contributed by atoms with Crippen molar-refractivity contribution >= 4 is 6.03 Å². The average Bonchev–Trinajstić information content (AvgIpc) is 2.51. The lowest BCUT2D eigenvalue weighted by Gasteiger charge is -2.16. The van der Waals surface area contributed by atoms with Crippen LogP contribution in [0.1, 0.15) is 12.5 Å². The van der Waals surface area contributed by atoms with Crippen molar-refractivity contribution in [2.75, 3.05) is 6.54 Å². The highest BCUT2D eigenvalue weighted by molar-refractivity contribution is 5.74. The zero-order chi connectivity index (χ0) is 16.7. The molecule has 6 heteroatoms. The van der Waals surface area contributed by atoms with Crippen LogP contribution >= 0.6 is 0 Å². The Kier molecular flexibility index (Phi) is 5.68. The monoisotopic (exact) mass is 316 g/mol. The van der Waals surface area contributed by atoms with Crippen LogP contribution in [-0.4, -0.2) is 29.0 Å². The van der Waals surface area contributed by atoms with Gasteiger partial charge in [0.2, 0.25) is 0 Å². The van der Waals surface area contributed by atoms with Crippen molar-refractivity contribution in [1.29, 1.82) is 0 Å². The maximum atomic E-state index is 11.8. The zero-order valence-electron chi connectivity index (χ0n) is 12.8. The molecule has 0 bridgehead atoms. The second kappa shape index (κ2) is 7.93. The van der Waals surface area contributed by atoms with E-state index >= 15 is 0 Å². The summed E-state index contributed by atoms with van der Waals surface area (Å²) in [5.41, 5.74) is 1.02. The molecule has 0 saturated heterocycles. The number of hydrogen-bond donors (Lipinski definition) is 4. The fourth-order valence-corrected chi connectivity index (χ4v) is 1.98. The molecule has 122 valence electrons. The minimum Gasteiger partial charge on any atom is -0.508 e. The van der Waals surface area contributed by atoms with Crippen molar-refractivity contribution in [3.8, 4) is 17.2 Å². The van der Waals surface area contributed by atoms with Gasteiger partial charge < -0.3 is 25.6 Å². The van der Waals surface area contributed by atoms with E-state index in [-0.39, 0.29) is 17.5 Å². The summed E-state index contributed by atoms with van der Waals surface area (Å²) in [5, 5.41) is 23.8. The second-order valence-electron chi connectivity index (χ2n) is 5.07. The smallest absolute Gasteiger partial charge is 0.317 e. The largest absolute Gasteiger partial charge is 0.508 e. The van der Waals surface area contributed by atoms with Gasteiger partial charge >= 0.3 is 6.03 Å². The quantitative estimate of drug-likeness (QED) is 0.616. The first-order valence-electron chi connectivity index (χ1n) is 7.31. The Morgan fingerprint density at radius 2 is 1.61 bits per heavy atom. The summed E-state index contributed by atoms with van der Waals surface area (Å²) in [6, 6.07) is 12.8. The van der Waals surface area contributed by atoms with Crippen molar-refractivity contribution in [2.45, 2.75) is 19.6 Å². The van der Waals surface area contributed by atoms with E-state index in [0.717, 1.165) is 5.56 Å². The van der Waals surface area contributed by atoms with Crippen LogP contribution in [0.3, 0.4) is 0 Å². The molecule has 2 amide bonds. The number of phenols is 2. The summed E-state index contributed by atoms with van der Waals surface area (Å²) in [7, 11) is 0. The van der Waals surface area contributed by atoms with Gasteiger partial charge in [-0.2, -0.15) is 0 Å². The number of carbonyl (C=O) groups is 1. The molecule has 2 aromatic rings. The number of nitrogens with one attached hydrogen (secondary N) is 2. The van der Waals surface area contributed by atoms with Crippen molar-refractivity contribution in [2.24, 2.45) is 0 Å². The number of ether oxygens (including phenoxy) is 1. The molecule has 0 aliphatic heterocycles. The van der Waals surface area contributed by atoms with Crippen LogP contribution in [0.4, 0.5) is 4.79 Å². The number of benzene rings is 2. The van der Waals surface area contributed by atoms with Crippen molar-refractivity contribution < 1.29 is 19.7 Å². The van der Waals surface area contributed by atoms with E-state index in [0.29, 0.717) is 18.7 Å². The second-order valence-corrected chi connectivity index (χ2v) is 5.07. The van der Waals surface area contributed by atoms with Gasteiger partial charge in [-0.15, -0.1) is 0 Å². The fourth-order valence-electron chi connectivity index (χ4n) is 1.98. The normalized spacial score (nSPS) is 11.5. The number of urea groups is 1. The Labute approximate surface area is 134 Å². The van der Waals surface area contributed by atoms with Crippen LogP contribution in [0.5, 0.6) is 17.2 Å². The Morgan fingerprint density at radius 3 is 2.22 bits per heavy atom. The van der Waals surface area contributed by atoms with Crippen LogP contribution in [0.25, 0.3) is 0 Å². The third-order valence-electron chi connectivity index (χ3n) is 3.12. The summed E-state index contributed by atoms with van der Waals surface area (Å²) < 4.78 is 5.51. The van der Waals surface area contributed by atoms with Gasteiger partial charge in [-0.3, -0.25) is 0 Å². The molecule has 23 heavy (non-hydrogen) atoms. The molecule has 0 saturated carbocycles. The number of aromatic hydroxyl groups is 2. The Bertz CT molecular complexity index is 626. The topological polar surface area (TPSA) is 90.8 Å². The molecule has 6 nitrogen and oxygen atoms in total. The van der Waals surface area contributed by atoms with E-state index in [1.807, 2.05) is 12.1 Å². The maximum Gasteiger partial charge on any atom is 0.317 e.